The van der Waals surface area contributed by atoms with Crippen LogP contribution in [0.2, 0.25) is 5.02 Å². The summed E-state index contributed by atoms with van der Waals surface area (Å²) in [6.07, 6.45) is 0. The summed E-state index contributed by atoms with van der Waals surface area (Å²) in [5.41, 5.74) is 2.33. The number of benzene rings is 2. The van der Waals surface area contributed by atoms with Gasteiger partial charge < -0.3 is 15.1 Å². The summed E-state index contributed by atoms with van der Waals surface area (Å²) in [5.74, 6) is -0.116. The Morgan fingerprint density at radius 2 is 1.73 bits per heavy atom. The number of piperazine rings is 1. The van der Waals surface area contributed by atoms with E-state index >= 15 is 0 Å². The van der Waals surface area contributed by atoms with Crippen molar-refractivity contribution in [2.45, 2.75) is 6.92 Å². The molecule has 0 saturated carbocycles. The lowest BCUT2D eigenvalue weighted by Crippen LogP contribution is -2.51. The lowest BCUT2D eigenvalue weighted by molar-refractivity contribution is 0.0672. The zero-order chi connectivity index (χ0) is 18.7. The Balaban J connectivity index is 1.59. The molecule has 1 aliphatic rings. The van der Waals surface area contributed by atoms with E-state index in [-0.39, 0.29) is 11.9 Å². The standard InChI is InChI=1S/C19H19BrClN3O2/c1-13-3-2-4-15(11-13)22-19(26)24-9-7-23(8-10-24)18(25)16-12-14(20)5-6-17(16)21/h2-6,11-12H,7-10H2,1H3,(H,22,26). The maximum Gasteiger partial charge on any atom is 0.321 e. The fourth-order valence-corrected chi connectivity index (χ4v) is 3.43. The maximum absolute atomic E-state index is 12.7. The van der Waals surface area contributed by atoms with Gasteiger partial charge in [-0.15, -0.1) is 0 Å². The van der Waals surface area contributed by atoms with Crippen LogP contribution in [0, 0.1) is 6.92 Å². The van der Waals surface area contributed by atoms with Gasteiger partial charge in [-0.25, -0.2) is 4.79 Å². The summed E-state index contributed by atoms with van der Waals surface area (Å²) >= 11 is 9.51. The molecule has 1 saturated heterocycles. The monoisotopic (exact) mass is 435 g/mol. The van der Waals surface area contributed by atoms with Crippen molar-refractivity contribution in [1.82, 2.24) is 9.80 Å². The van der Waals surface area contributed by atoms with E-state index < -0.39 is 0 Å². The molecule has 0 aromatic heterocycles. The van der Waals surface area contributed by atoms with Crippen LogP contribution in [0.1, 0.15) is 15.9 Å². The number of hydrogen-bond acceptors (Lipinski definition) is 2. The number of hydrogen-bond donors (Lipinski definition) is 1. The number of rotatable bonds is 2. The number of amides is 3. The van der Waals surface area contributed by atoms with Gasteiger partial charge in [0, 0.05) is 36.3 Å². The first kappa shape index (κ1) is 18.7. The lowest BCUT2D eigenvalue weighted by atomic mass is 10.2. The van der Waals surface area contributed by atoms with E-state index in [1.165, 1.54) is 0 Å². The van der Waals surface area contributed by atoms with Gasteiger partial charge in [0.25, 0.3) is 5.91 Å². The van der Waals surface area contributed by atoms with Crippen molar-refractivity contribution >= 4 is 45.2 Å². The Kier molecular flexibility index (Phi) is 5.84. The van der Waals surface area contributed by atoms with Crippen LogP contribution < -0.4 is 5.32 Å². The van der Waals surface area contributed by atoms with Crippen LogP contribution in [0.15, 0.2) is 46.9 Å². The third kappa shape index (κ3) is 4.37. The topological polar surface area (TPSA) is 52.7 Å². The number of halogens is 2. The average molecular weight is 437 g/mol. The van der Waals surface area contributed by atoms with Crippen LogP contribution in [0.25, 0.3) is 0 Å². The summed E-state index contributed by atoms with van der Waals surface area (Å²) in [4.78, 5) is 28.5. The molecule has 3 rings (SSSR count). The molecule has 0 bridgehead atoms. The Bertz CT molecular complexity index is 835. The Morgan fingerprint density at radius 1 is 1.04 bits per heavy atom. The quantitative estimate of drug-likeness (QED) is 0.758. The minimum atomic E-state index is -0.150. The predicted molar refractivity (Wildman–Crippen MR) is 107 cm³/mol. The van der Waals surface area contributed by atoms with Gasteiger partial charge in [-0.1, -0.05) is 39.7 Å². The summed E-state index contributed by atoms with van der Waals surface area (Å²) in [6, 6.07) is 12.7. The molecule has 1 fully saturated rings. The highest BCUT2D eigenvalue weighted by molar-refractivity contribution is 9.10. The Hall–Kier alpha value is -2.05. The molecule has 26 heavy (non-hydrogen) atoms. The molecule has 0 atom stereocenters. The second-order valence-electron chi connectivity index (χ2n) is 6.20. The molecule has 1 aliphatic heterocycles. The number of nitrogens with zero attached hydrogens (tertiary/aromatic N) is 2. The zero-order valence-electron chi connectivity index (χ0n) is 14.3. The number of aryl methyl sites for hydroxylation is 1. The molecule has 136 valence electrons. The molecular formula is C19H19BrClN3O2. The number of nitrogens with one attached hydrogen (secondary N) is 1. The van der Waals surface area contributed by atoms with Gasteiger partial charge in [-0.3, -0.25) is 4.79 Å². The van der Waals surface area contributed by atoms with E-state index in [0.29, 0.717) is 36.8 Å². The van der Waals surface area contributed by atoms with Gasteiger partial charge in [-0.05, 0) is 42.8 Å². The fourth-order valence-electron chi connectivity index (χ4n) is 2.87. The van der Waals surface area contributed by atoms with Crippen molar-refractivity contribution in [3.8, 4) is 0 Å². The van der Waals surface area contributed by atoms with Gasteiger partial charge in [0.1, 0.15) is 0 Å². The van der Waals surface area contributed by atoms with Crippen molar-refractivity contribution in [2.75, 3.05) is 31.5 Å². The molecular weight excluding hydrogens is 418 g/mol. The van der Waals surface area contributed by atoms with E-state index in [9.17, 15) is 9.59 Å². The molecule has 2 aromatic carbocycles. The van der Waals surface area contributed by atoms with Crippen LogP contribution >= 0.6 is 27.5 Å². The van der Waals surface area contributed by atoms with Crippen LogP contribution in [0.4, 0.5) is 10.5 Å². The smallest absolute Gasteiger partial charge is 0.321 e. The first-order valence-electron chi connectivity index (χ1n) is 8.31. The van der Waals surface area contributed by atoms with Gasteiger partial charge in [0.05, 0.1) is 10.6 Å². The Morgan fingerprint density at radius 3 is 2.42 bits per heavy atom. The van der Waals surface area contributed by atoms with Gasteiger partial charge in [-0.2, -0.15) is 0 Å². The largest absolute Gasteiger partial charge is 0.335 e. The highest BCUT2D eigenvalue weighted by atomic mass is 79.9. The SMILES string of the molecule is Cc1cccc(NC(=O)N2CCN(C(=O)c3cc(Br)ccc3Cl)CC2)c1. The summed E-state index contributed by atoms with van der Waals surface area (Å²) in [7, 11) is 0. The van der Waals surface area contributed by atoms with Crippen LogP contribution in [0.3, 0.4) is 0 Å². The lowest BCUT2D eigenvalue weighted by Gasteiger charge is -2.35. The summed E-state index contributed by atoms with van der Waals surface area (Å²) in [5, 5.41) is 3.33. The van der Waals surface area contributed by atoms with E-state index in [1.54, 1.807) is 28.0 Å². The van der Waals surface area contributed by atoms with E-state index in [0.717, 1.165) is 15.7 Å². The zero-order valence-corrected chi connectivity index (χ0v) is 16.7. The van der Waals surface area contributed by atoms with Crippen molar-refractivity contribution in [2.24, 2.45) is 0 Å². The maximum atomic E-state index is 12.7. The Labute approximate surface area is 166 Å². The third-order valence-electron chi connectivity index (χ3n) is 4.28. The van der Waals surface area contributed by atoms with Crippen LogP contribution in [-0.4, -0.2) is 47.9 Å². The van der Waals surface area contributed by atoms with E-state index in [1.807, 2.05) is 31.2 Å². The normalized spacial score (nSPS) is 14.3. The van der Waals surface area contributed by atoms with Crippen molar-refractivity contribution in [3.05, 3.63) is 63.1 Å². The molecule has 0 aliphatic carbocycles. The number of carbonyl (C=O) groups excluding carboxylic acids is 2. The second-order valence-corrected chi connectivity index (χ2v) is 7.53. The number of carbonyl (C=O) groups is 2. The molecule has 3 amide bonds. The minimum absolute atomic E-state index is 0.116. The van der Waals surface area contributed by atoms with Gasteiger partial charge >= 0.3 is 6.03 Å². The molecule has 2 aromatic rings. The van der Waals surface area contributed by atoms with Crippen molar-refractivity contribution in [3.63, 3.8) is 0 Å². The van der Waals surface area contributed by atoms with Crippen LogP contribution in [0.5, 0.6) is 0 Å². The predicted octanol–water partition coefficient (Wildman–Crippen LogP) is 4.40. The van der Waals surface area contributed by atoms with E-state index in [4.69, 9.17) is 11.6 Å². The molecule has 0 radical (unpaired) electrons. The molecule has 1 heterocycles. The average Bonchev–Trinajstić information content (AvgIpc) is 2.63. The number of anilines is 1. The van der Waals surface area contributed by atoms with Gasteiger partial charge in [0.2, 0.25) is 0 Å². The van der Waals surface area contributed by atoms with Gasteiger partial charge in [0.15, 0.2) is 0 Å². The third-order valence-corrected chi connectivity index (χ3v) is 5.11. The molecule has 0 unspecified atom stereocenters. The second kappa shape index (κ2) is 8.10. The highest BCUT2D eigenvalue weighted by Crippen LogP contribution is 2.23. The highest BCUT2D eigenvalue weighted by Gasteiger charge is 2.26. The fraction of sp³-hybridized carbons (Fsp3) is 0.263. The molecule has 1 N–H and O–H groups in total. The van der Waals surface area contributed by atoms with E-state index in [2.05, 4.69) is 21.2 Å². The molecule has 7 heteroatoms. The van der Waals surface area contributed by atoms with Crippen molar-refractivity contribution < 1.29 is 9.59 Å². The summed E-state index contributed by atoms with van der Waals surface area (Å²) in [6.45, 7) is 3.89. The molecule has 5 nitrogen and oxygen atoms in total. The first-order valence-corrected chi connectivity index (χ1v) is 9.48. The first-order chi connectivity index (χ1) is 12.4. The van der Waals surface area contributed by atoms with Crippen LogP contribution in [-0.2, 0) is 0 Å². The van der Waals surface area contributed by atoms with Crippen molar-refractivity contribution in [1.29, 1.82) is 0 Å². The summed E-state index contributed by atoms with van der Waals surface area (Å²) < 4.78 is 0.807. The minimum Gasteiger partial charge on any atom is -0.335 e. The molecule has 0 spiro atoms. The number of urea groups is 1.